The number of likely N-dealkylation sites (tertiary alicyclic amines) is 1. The zero-order valence-corrected chi connectivity index (χ0v) is 27.4. The summed E-state index contributed by atoms with van der Waals surface area (Å²) in [4.78, 5) is 23.1. The molecular weight excluding hydrogens is 671 g/mol. The van der Waals surface area contributed by atoms with Crippen LogP contribution in [0.15, 0.2) is 40.2 Å². The summed E-state index contributed by atoms with van der Waals surface area (Å²) in [5, 5.41) is 12.5. The molecule has 0 aromatic heterocycles. The first kappa shape index (κ1) is 31.5. The molecule has 3 aliphatic heterocycles. The SMILES string of the molecule is COC1C2=C(C2)C(I(O)CC2CCN(CCO)CC2)C=CC1N=C1CC2C(=CN1)N(C)C(=O)C(F)(F)CN2C1CCCC1. The minimum atomic E-state index is -3.44. The molecule has 4 unspecified atom stereocenters. The van der Waals surface area contributed by atoms with Crippen LogP contribution < -0.4 is 5.32 Å². The summed E-state index contributed by atoms with van der Waals surface area (Å²) < 4.78 is 48.5. The van der Waals surface area contributed by atoms with Crippen molar-refractivity contribution in [2.75, 3.05) is 51.4 Å². The van der Waals surface area contributed by atoms with Crippen molar-refractivity contribution in [2.24, 2.45) is 10.9 Å². The number of methoxy groups -OCH3 is 1. The van der Waals surface area contributed by atoms with E-state index in [0.717, 1.165) is 73.9 Å². The first-order valence-corrected chi connectivity index (χ1v) is 19.5. The van der Waals surface area contributed by atoms with Gasteiger partial charge in [0.2, 0.25) is 0 Å². The van der Waals surface area contributed by atoms with Crippen molar-refractivity contribution in [2.45, 2.75) is 85.4 Å². The molecule has 3 aliphatic carbocycles. The number of amides is 1. The molecule has 1 amide bonds. The number of carbonyl (C=O) groups is 1. The number of allylic oxidation sites excluding steroid dienone is 2. The Morgan fingerprint density at radius 3 is 2.60 bits per heavy atom. The van der Waals surface area contributed by atoms with E-state index in [2.05, 4.69) is 22.4 Å². The number of nitrogens with one attached hydrogen (secondary N) is 1. The number of β-amino-alcohol motifs (C(OH)–C–C–N with tert-alkyl or cyclic N) is 1. The number of piperidine rings is 1. The van der Waals surface area contributed by atoms with E-state index in [1.807, 2.05) is 4.90 Å². The number of aliphatic hydroxyl groups excluding tert-OH is 1. The van der Waals surface area contributed by atoms with Crippen molar-refractivity contribution in [3.8, 4) is 0 Å². The van der Waals surface area contributed by atoms with Gasteiger partial charge in [0.25, 0.3) is 0 Å². The van der Waals surface area contributed by atoms with Gasteiger partial charge in [-0.25, -0.2) is 0 Å². The number of amidine groups is 1. The number of hydrogen-bond acceptors (Lipinski definition) is 7. The number of aliphatic hydroxyl groups is 1. The number of carbonyl (C=O) groups excluding carboxylic acids is 1. The summed E-state index contributed by atoms with van der Waals surface area (Å²) in [6.07, 6.45) is 12.9. The molecule has 6 aliphatic rings. The third-order valence-corrected chi connectivity index (χ3v) is 15.0. The summed E-state index contributed by atoms with van der Waals surface area (Å²) >= 11 is -2.28. The van der Waals surface area contributed by atoms with E-state index < -0.39 is 38.6 Å². The van der Waals surface area contributed by atoms with Crippen LogP contribution >= 0.6 is 20.2 Å². The van der Waals surface area contributed by atoms with E-state index in [9.17, 15) is 13.3 Å². The van der Waals surface area contributed by atoms with Crippen molar-refractivity contribution in [1.82, 2.24) is 20.0 Å². The second kappa shape index (κ2) is 13.1. The fourth-order valence-electron chi connectivity index (χ4n) is 7.67. The molecule has 0 radical (unpaired) electrons. The summed E-state index contributed by atoms with van der Waals surface area (Å²) in [6, 6.07) is -0.614. The predicted octanol–water partition coefficient (Wildman–Crippen LogP) is 3.08. The second-order valence-electron chi connectivity index (χ2n) is 12.9. The standard InChI is InChI=1S/C31H46F2IN5O4/c1-37-27-18-35-28(16-26(27)39(21-5-3-4-6-21)19-31(32,33)30(37)41)36-25-8-7-24(22-15-23(22)29(25)43-2)34(42)17-20-9-11-38(12-10-20)13-14-40/h7-8,18,20-21,24-26,29,40,42H,3-6,9-17,19H2,1-2H3,(H,35,36). The number of hydrogen-bond donors (Lipinski definition) is 3. The zero-order chi connectivity index (χ0) is 30.3. The zero-order valence-electron chi connectivity index (χ0n) is 25.2. The maximum absolute atomic E-state index is 15.0. The molecule has 4 atom stereocenters. The first-order chi connectivity index (χ1) is 20.7. The number of ether oxygens (including phenoxy) is 1. The first-order valence-electron chi connectivity index (χ1n) is 15.7. The second-order valence-corrected chi connectivity index (χ2v) is 17.2. The van der Waals surface area contributed by atoms with Gasteiger partial charge in [0.05, 0.1) is 0 Å². The Morgan fingerprint density at radius 1 is 1.16 bits per heavy atom. The van der Waals surface area contributed by atoms with E-state index in [1.165, 1.54) is 18.2 Å². The third-order valence-electron chi connectivity index (χ3n) is 10.2. The summed E-state index contributed by atoms with van der Waals surface area (Å²) in [5.74, 6) is -3.36. The third kappa shape index (κ3) is 6.60. The molecule has 3 N–H and O–H groups in total. The minimum absolute atomic E-state index is 0.0244. The molecule has 240 valence electrons. The summed E-state index contributed by atoms with van der Waals surface area (Å²) in [7, 11) is 3.15. The number of fused-ring (bicyclic) bond motifs is 1. The Kier molecular flexibility index (Phi) is 9.61. The van der Waals surface area contributed by atoms with Crippen LogP contribution in [0.1, 0.15) is 51.4 Å². The molecule has 0 aromatic carbocycles. The molecule has 9 nitrogen and oxygen atoms in total. The Balaban J connectivity index is 1.19. The van der Waals surface area contributed by atoms with Gasteiger partial charge in [-0.05, 0) is 0 Å². The van der Waals surface area contributed by atoms with Gasteiger partial charge in [-0.2, -0.15) is 0 Å². The number of nitrogens with zero attached hydrogens (tertiary/aromatic N) is 4. The van der Waals surface area contributed by atoms with Gasteiger partial charge in [-0.1, -0.05) is 0 Å². The van der Waals surface area contributed by atoms with Gasteiger partial charge >= 0.3 is 262 Å². The molecule has 0 aromatic rings. The van der Waals surface area contributed by atoms with Crippen molar-refractivity contribution in [3.63, 3.8) is 0 Å². The average Bonchev–Trinajstić information content (AvgIpc) is 3.60. The van der Waals surface area contributed by atoms with Gasteiger partial charge in [0.1, 0.15) is 0 Å². The molecule has 0 spiro atoms. The Bertz CT molecular complexity index is 1180. The number of alkyl halides is 4. The number of rotatable bonds is 8. The fraction of sp³-hybridized carbons (Fsp3) is 0.742. The molecule has 12 heteroatoms. The van der Waals surface area contributed by atoms with Gasteiger partial charge in [0.15, 0.2) is 0 Å². The van der Waals surface area contributed by atoms with Crippen molar-refractivity contribution < 1.29 is 26.9 Å². The molecule has 1 saturated carbocycles. The van der Waals surface area contributed by atoms with E-state index in [-0.39, 0.29) is 34.8 Å². The molecular formula is C31H46F2IN5O4. The van der Waals surface area contributed by atoms with Crippen LogP contribution in [-0.4, -0.2) is 120 Å². The van der Waals surface area contributed by atoms with Crippen molar-refractivity contribution in [3.05, 3.63) is 35.2 Å². The Hall–Kier alpha value is -1.45. The van der Waals surface area contributed by atoms with Crippen LogP contribution in [0.5, 0.6) is 0 Å². The monoisotopic (exact) mass is 717 g/mol. The van der Waals surface area contributed by atoms with E-state index >= 15 is 8.78 Å². The topological polar surface area (TPSA) is 101 Å². The molecule has 2 saturated heterocycles. The van der Waals surface area contributed by atoms with Gasteiger partial charge in [0, 0.05) is 0 Å². The molecule has 3 heterocycles. The maximum atomic E-state index is 15.0. The van der Waals surface area contributed by atoms with Crippen molar-refractivity contribution >= 4 is 32.0 Å². The van der Waals surface area contributed by atoms with Gasteiger partial charge in [-0.3, -0.25) is 0 Å². The van der Waals surface area contributed by atoms with Crippen LogP contribution in [-0.2, 0) is 9.53 Å². The average molecular weight is 718 g/mol. The summed E-state index contributed by atoms with van der Waals surface area (Å²) in [6.45, 7) is 2.32. The fourth-order valence-corrected chi connectivity index (χ4v) is 12.6. The number of likely N-dealkylation sites (N-methyl/N-ethyl adjacent to an activating group) is 1. The number of aliphatic imine (C=N–C) groups is 1. The molecule has 43 heavy (non-hydrogen) atoms. The van der Waals surface area contributed by atoms with Crippen LogP contribution in [0.4, 0.5) is 8.78 Å². The van der Waals surface area contributed by atoms with Gasteiger partial charge in [-0.15, -0.1) is 0 Å². The Labute approximate surface area is 261 Å². The normalized spacial score (nSPS) is 33.6. The predicted molar refractivity (Wildman–Crippen MR) is 170 cm³/mol. The summed E-state index contributed by atoms with van der Waals surface area (Å²) in [5.41, 5.74) is 3.12. The van der Waals surface area contributed by atoms with Crippen LogP contribution in [0.3, 0.4) is 0 Å². The Morgan fingerprint density at radius 2 is 1.91 bits per heavy atom. The molecule has 6 rings (SSSR count). The van der Waals surface area contributed by atoms with Gasteiger partial charge < -0.3 is 0 Å². The number of halogens is 3. The van der Waals surface area contributed by atoms with Crippen LogP contribution in [0.25, 0.3) is 0 Å². The van der Waals surface area contributed by atoms with E-state index in [4.69, 9.17) is 9.73 Å². The van der Waals surface area contributed by atoms with Crippen molar-refractivity contribution in [1.29, 1.82) is 0 Å². The van der Waals surface area contributed by atoms with E-state index in [1.54, 1.807) is 13.3 Å². The molecule has 3 fully saturated rings. The van der Waals surface area contributed by atoms with E-state index in [0.29, 0.717) is 23.9 Å². The van der Waals surface area contributed by atoms with Crippen LogP contribution in [0, 0.1) is 5.92 Å². The quantitative estimate of drug-likeness (QED) is 0.202. The molecule has 0 bridgehead atoms. The van der Waals surface area contributed by atoms with Crippen LogP contribution in [0.2, 0.25) is 0 Å².